The molecule has 1 heterocycles. The van der Waals surface area contributed by atoms with Crippen molar-refractivity contribution in [2.24, 2.45) is 0 Å². The topological polar surface area (TPSA) is 64.0 Å². The normalized spacial score (nSPS) is 11.7. The average molecular weight is 293 g/mol. The van der Waals surface area contributed by atoms with Gasteiger partial charge >= 0.3 is 0 Å². The molecular formula is C14H19N3O2S. The average Bonchev–Trinajstić information content (AvgIpc) is 2.87. The Morgan fingerprint density at radius 1 is 1.25 bits per heavy atom. The highest BCUT2D eigenvalue weighted by atomic mass is 32.2. The Bertz CT molecular complexity index is 635. The summed E-state index contributed by atoms with van der Waals surface area (Å²) in [7, 11) is -2.86. The zero-order valence-electron chi connectivity index (χ0n) is 11.5. The summed E-state index contributed by atoms with van der Waals surface area (Å²) in [6, 6.07) is 9.91. The van der Waals surface area contributed by atoms with Crippen LogP contribution in [-0.2, 0) is 16.4 Å². The van der Waals surface area contributed by atoms with Gasteiger partial charge in [-0.1, -0.05) is 18.2 Å². The molecule has 0 unspecified atom stereocenters. The SMILES string of the molecule is CS(=O)(=O)CCCNCc1cnn(-c2ccccc2)c1. The van der Waals surface area contributed by atoms with Gasteiger partial charge in [-0.15, -0.1) is 0 Å². The highest BCUT2D eigenvalue weighted by molar-refractivity contribution is 7.90. The number of para-hydroxylation sites is 1. The van der Waals surface area contributed by atoms with E-state index >= 15 is 0 Å². The minimum absolute atomic E-state index is 0.225. The fraction of sp³-hybridized carbons (Fsp3) is 0.357. The number of hydrogen-bond donors (Lipinski definition) is 1. The Morgan fingerprint density at radius 2 is 2.00 bits per heavy atom. The zero-order valence-corrected chi connectivity index (χ0v) is 12.3. The minimum Gasteiger partial charge on any atom is -0.313 e. The first-order valence-corrected chi connectivity index (χ1v) is 8.58. The van der Waals surface area contributed by atoms with Crippen LogP contribution in [0.4, 0.5) is 0 Å². The van der Waals surface area contributed by atoms with Crippen LogP contribution in [0.1, 0.15) is 12.0 Å². The summed E-state index contributed by atoms with van der Waals surface area (Å²) in [6.07, 6.45) is 5.68. The number of sulfone groups is 1. The van der Waals surface area contributed by atoms with Crippen molar-refractivity contribution >= 4 is 9.84 Å². The number of nitrogens with one attached hydrogen (secondary N) is 1. The third kappa shape index (κ3) is 4.79. The Hall–Kier alpha value is -1.66. The second-order valence-electron chi connectivity index (χ2n) is 4.79. The molecule has 0 bridgehead atoms. The van der Waals surface area contributed by atoms with Crippen molar-refractivity contribution in [1.82, 2.24) is 15.1 Å². The van der Waals surface area contributed by atoms with Gasteiger partial charge in [0.05, 0.1) is 17.6 Å². The molecule has 6 heteroatoms. The van der Waals surface area contributed by atoms with Crippen LogP contribution in [0.25, 0.3) is 5.69 Å². The second kappa shape index (κ2) is 6.67. The molecule has 2 aromatic rings. The number of nitrogens with zero attached hydrogens (tertiary/aromatic N) is 2. The first kappa shape index (κ1) is 14.7. The van der Waals surface area contributed by atoms with Gasteiger partial charge in [-0.3, -0.25) is 0 Å². The van der Waals surface area contributed by atoms with Crippen LogP contribution >= 0.6 is 0 Å². The lowest BCUT2D eigenvalue weighted by Gasteiger charge is -2.02. The fourth-order valence-corrected chi connectivity index (χ4v) is 2.53. The van der Waals surface area contributed by atoms with E-state index in [2.05, 4.69) is 10.4 Å². The Balaban J connectivity index is 1.79. The lowest BCUT2D eigenvalue weighted by atomic mass is 10.3. The molecule has 1 aromatic carbocycles. The summed E-state index contributed by atoms with van der Waals surface area (Å²) >= 11 is 0. The molecular weight excluding hydrogens is 274 g/mol. The van der Waals surface area contributed by atoms with Crippen molar-refractivity contribution in [2.45, 2.75) is 13.0 Å². The van der Waals surface area contributed by atoms with Crippen LogP contribution in [0.5, 0.6) is 0 Å². The highest BCUT2D eigenvalue weighted by Crippen LogP contribution is 2.07. The molecule has 0 aliphatic carbocycles. The molecule has 0 fully saturated rings. The summed E-state index contributed by atoms with van der Waals surface area (Å²) in [5, 5.41) is 7.53. The maximum atomic E-state index is 11.0. The van der Waals surface area contributed by atoms with E-state index in [-0.39, 0.29) is 5.75 Å². The van der Waals surface area contributed by atoms with Gasteiger partial charge in [0.1, 0.15) is 9.84 Å². The quantitative estimate of drug-likeness (QED) is 0.784. The Kier molecular flexibility index (Phi) is 4.92. The monoisotopic (exact) mass is 293 g/mol. The van der Waals surface area contributed by atoms with E-state index in [1.54, 1.807) is 0 Å². The van der Waals surface area contributed by atoms with Crippen molar-refractivity contribution in [3.05, 3.63) is 48.3 Å². The molecule has 0 aliphatic heterocycles. The van der Waals surface area contributed by atoms with Gasteiger partial charge in [0.15, 0.2) is 0 Å². The van der Waals surface area contributed by atoms with E-state index < -0.39 is 9.84 Å². The molecule has 0 saturated carbocycles. The number of hydrogen-bond acceptors (Lipinski definition) is 4. The summed E-state index contributed by atoms with van der Waals surface area (Å²) in [6.45, 7) is 1.38. The fourth-order valence-electron chi connectivity index (χ4n) is 1.87. The second-order valence-corrected chi connectivity index (χ2v) is 7.05. The maximum absolute atomic E-state index is 11.0. The van der Waals surface area contributed by atoms with Gasteiger partial charge < -0.3 is 5.32 Å². The van der Waals surface area contributed by atoms with Crippen molar-refractivity contribution in [3.8, 4) is 5.69 Å². The maximum Gasteiger partial charge on any atom is 0.147 e. The van der Waals surface area contributed by atoms with Crippen molar-refractivity contribution < 1.29 is 8.42 Å². The summed E-state index contributed by atoms with van der Waals surface area (Å²) in [5.74, 6) is 0.225. The predicted octanol–water partition coefficient (Wildman–Crippen LogP) is 1.40. The van der Waals surface area contributed by atoms with E-state index in [0.29, 0.717) is 19.5 Å². The highest BCUT2D eigenvalue weighted by Gasteiger charge is 2.02. The van der Waals surface area contributed by atoms with E-state index in [1.165, 1.54) is 6.26 Å². The summed E-state index contributed by atoms with van der Waals surface area (Å²) in [5.41, 5.74) is 2.10. The lowest BCUT2D eigenvalue weighted by Crippen LogP contribution is -2.17. The molecule has 0 aliphatic rings. The number of aromatic nitrogens is 2. The van der Waals surface area contributed by atoms with Crippen LogP contribution in [0.2, 0.25) is 0 Å². The van der Waals surface area contributed by atoms with Crippen LogP contribution in [0.15, 0.2) is 42.7 Å². The molecule has 5 nitrogen and oxygen atoms in total. The molecule has 0 radical (unpaired) electrons. The van der Waals surface area contributed by atoms with Crippen molar-refractivity contribution in [1.29, 1.82) is 0 Å². The third-order valence-corrected chi connectivity index (χ3v) is 3.88. The lowest BCUT2D eigenvalue weighted by molar-refractivity contribution is 0.594. The van der Waals surface area contributed by atoms with Gasteiger partial charge in [-0.2, -0.15) is 5.10 Å². The molecule has 2 rings (SSSR count). The van der Waals surface area contributed by atoms with E-state index in [1.807, 2.05) is 47.4 Å². The van der Waals surface area contributed by atoms with Crippen molar-refractivity contribution in [3.63, 3.8) is 0 Å². The smallest absolute Gasteiger partial charge is 0.147 e. The van der Waals surface area contributed by atoms with Gasteiger partial charge in [-0.05, 0) is 25.1 Å². The first-order valence-electron chi connectivity index (χ1n) is 6.52. The number of rotatable bonds is 7. The molecule has 1 aromatic heterocycles. The minimum atomic E-state index is -2.86. The zero-order chi connectivity index (χ0) is 14.4. The summed E-state index contributed by atoms with van der Waals surface area (Å²) in [4.78, 5) is 0. The van der Waals surface area contributed by atoms with Crippen LogP contribution in [0, 0.1) is 0 Å². The summed E-state index contributed by atoms with van der Waals surface area (Å²) < 4.78 is 23.8. The molecule has 0 saturated heterocycles. The first-order chi connectivity index (χ1) is 9.54. The number of benzene rings is 1. The predicted molar refractivity (Wildman–Crippen MR) is 79.6 cm³/mol. The third-order valence-electron chi connectivity index (χ3n) is 2.85. The van der Waals surface area contributed by atoms with E-state index in [4.69, 9.17) is 0 Å². The van der Waals surface area contributed by atoms with Crippen LogP contribution in [0.3, 0.4) is 0 Å². The largest absolute Gasteiger partial charge is 0.313 e. The van der Waals surface area contributed by atoms with Gasteiger partial charge in [0.2, 0.25) is 0 Å². The van der Waals surface area contributed by atoms with Gasteiger partial charge in [0, 0.05) is 24.6 Å². The van der Waals surface area contributed by atoms with Crippen molar-refractivity contribution in [2.75, 3.05) is 18.6 Å². The molecule has 1 N–H and O–H groups in total. The molecule has 0 amide bonds. The Labute approximate surface area is 119 Å². The molecule has 0 atom stereocenters. The molecule has 0 spiro atoms. The Morgan fingerprint density at radius 3 is 2.70 bits per heavy atom. The van der Waals surface area contributed by atoms with Gasteiger partial charge in [-0.25, -0.2) is 13.1 Å². The van der Waals surface area contributed by atoms with Crippen LogP contribution in [-0.4, -0.2) is 36.8 Å². The van der Waals surface area contributed by atoms with Crippen LogP contribution < -0.4 is 5.32 Å². The van der Waals surface area contributed by atoms with Gasteiger partial charge in [0.25, 0.3) is 0 Å². The molecule has 20 heavy (non-hydrogen) atoms. The van der Waals surface area contributed by atoms with E-state index in [9.17, 15) is 8.42 Å². The van der Waals surface area contributed by atoms with E-state index in [0.717, 1.165) is 11.3 Å². The molecule has 108 valence electrons. The standard InChI is InChI=1S/C14H19N3O2S/c1-20(18,19)9-5-8-15-10-13-11-16-17(12-13)14-6-3-2-4-7-14/h2-4,6-7,11-12,15H,5,8-10H2,1H3.